The van der Waals surface area contributed by atoms with E-state index in [0.717, 1.165) is 21.8 Å². The van der Waals surface area contributed by atoms with E-state index in [2.05, 4.69) is 31.9 Å². The maximum absolute atomic E-state index is 5.11. The third-order valence-corrected chi connectivity index (χ3v) is 3.24. The summed E-state index contributed by atoms with van der Waals surface area (Å²) in [5, 5.41) is 6.69. The number of aryl methyl sites for hydroxylation is 2. The predicted molar refractivity (Wildman–Crippen MR) is 75.1 cm³/mol. The Morgan fingerprint density at radius 3 is 2.75 bits per heavy atom. The molecule has 98 valence electrons. The van der Waals surface area contributed by atoms with Gasteiger partial charge in [-0.05, 0) is 25.8 Å². The highest BCUT2D eigenvalue weighted by molar-refractivity contribution is 7.09. The van der Waals surface area contributed by atoms with Crippen molar-refractivity contribution in [3.63, 3.8) is 0 Å². The molecule has 3 aromatic rings. The Morgan fingerprint density at radius 1 is 1.15 bits per heavy atom. The number of pyridine rings is 1. The predicted octanol–water partition coefficient (Wildman–Crippen LogP) is 2.60. The zero-order valence-electron chi connectivity index (χ0n) is 10.9. The first kappa shape index (κ1) is 12.5. The summed E-state index contributed by atoms with van der Waals surface area (Å²) in [7, 11) is 0. The maximum Gasteiger partial charge on any atom is 0.259 e. The quantitative estimate of drug-likeness (QED) is 0.642. The average molecular weight is 282 g/mol. The molecule has 20 heavy (non-hydrogen) atoms. The molecular formula is C14H10N4OS. The molecule has 3 heterocycles. The summed E-state index contributed by atoms with van der Waals surface area (Å²) in [6, 6.07) is 1.87. The highest BCUT2D eigenvalue weighted by Crippen LogP contribution is 2.16. The van der Waals surface area contributed by atoms with Gasteiger partial charge in [0.15, 0.2) is 5.82 Å². The third-order valence-electron chi connectivity index (χ3n) is 2.47. The van der Waals surface area contributed by atoms with Crippen LogP contribution in [0.25, 0.3) is 11.5 Å². The maximum atomic E-state index is 5.11. The second kappa shape index (κ2) is 5.23. The van der Waals surface area contributed by atoms with Crippen LogP contribution in [0.15, 0.2) is 28.4 Å². The van der Waals surface area contributed by atoms with Crippen LogP contribution in [0.5, 0.6) is 0 Å². The van der Waals surface area contributed by atoms with Crippen molar-refractivity contribution in [1.29, 1.82) is 0 Å². The van der Waals surface area contributed by atoms with Crippen LogP contribution in [-0.2, 0) is 0 Å². The third kappa shape index (κ3) is 2.73. The molecule has 0 aliphatic heterocycles. The topological polar surface area (TPSA) is 64.7 Å². The lowest BCUT2D eigenvalue weighted by Crippen LogP contribution is -1.84. The van der Waals surface area contributed by atoms with Gasteiger partial charge in [-0.15, -0.1) is 11.3 Å². The van der Waals surface area contributed by atoms with E-state index in [1.807, 2.05) is 18.4 Å². The first-order valence-electron chi connectivity index (χ1n) is 5.90. The molecule has 0 bridgehead atoms. The first-order valence-corrected chi connectivity index (χ1v) is 6.78. The van der Waals surface area contributed by atoms with Crippen LogP contribution in [0.2, 0.25) is 0 Å². The zero-order valence-corrected chi connectivity index (χ0v) is 11.7. The van der Waals surface area contributed by atoms with Crippen LogP contribution in [0.3, 0.4) is 0 Å². The van der Waals surface area contributed by atoms with E-state index in [0.29, 0.717) is 11.7 Å². The van der Waals surface area contributed by atoms with Gasteiger partial charge in [-0.25, -0.2) is 4.98 Å². The van der Waals surface area contributed by atoms with E-state index in [1.165, 1.54) is 0 Å². The van der Waals surface area contributed by atoms with Crippen molar-refractivity contribution in [1.82, 2.24) is 20.1 Å². The van der Waals surface area contributed by atoms with Crippen LogP contribution in [0.1, 0.15) is 22.1 Å². The molecule has 0 fully saturated rings. The molecule has 0 atom stereocenters. The van der Waals surface area contributed by atoms with Crippen LogP contribution >= 0.6 is 11.3 Å². The van der Waals surface area contributed by atoms with Gasteiger partial charge in [0.25, 0.3) is 5.89 Å². The molecule has 0 N–H and O–H groups in total. The van der Waals surface area contributed by atoms with Gasteiger partial charge >= 0.3 is 0 Å². The van der Waals surface area contributed by atoms with Crippen molar-refractivity contribution >= 4 is 11.3 Å². The van der Waals surface area contributed by atoms with Gasteiger partial charge in [-0.2, -0.15) is 4.98 Å². The van der Waals surface area contributed by atoms with Crippen molar-refractivity contribution in [3.8, 4) is 23.3 Å². The van der Waals surface area contributed by atoms with Crippen LogP contribution < -0.4 is 0 Å². The summed E-state index contributed by atoms with van der Waals surface area (Å²) >= 11 is 1.58. The second-order valence-electron chi connectivity index (χ2n) is 4.11. The van der Waals surface area contributed by atoms with Crippen LogP contribution in [0.4, 0.5) is 0 Å². The van der Waals surface area contributed by atoms with Crippen LogP contribution in [-0.4, -0.2) is 20.1 Å². The van der Waals surface area contributed by atoms with E-state index in [-0.39, 0.29) is 0 Å². The molecule has 0 aromatic carbocycles. The van der Waals surface area contributed by atoms with E-state index < -0.39 is 0 Å². The van der Waals surface area contributed by atoms with E-state index in [4.69, 9.17) is 4.52 Å². The number of nitrogens with zero attached hydrogens (tertiary/aromatic N) is 4. The number of rotatable bonds is 1. The fourth-order valence-electron chi connectivity index (χ4n) is 1.60. The Balaban J connectivity index is 1.90. The fourth-order valence-corrected chi connectivity index (χ4v) is 2.14. The Kier molecular flexibility index (Phi) is 3.27. The minimum absolute atomic E-state index is 0.447. The Morgan fingerprint density at radius 2 is 2.05 bits per heavy atom. The van der Waals surface area contributed by atoms with Crippen molar-refractivity contribution in [3.05, 3.63) is 45.9 Å². The van der Waals surface area contributed by atoms with Crippen LogP contribution in [0, 0.1) is 25.7 Å². The van der Waals surface area contributed by atoms with Gasteiger partial charge in [-0.1, -0.05) is 11.1 Å². The fraction of sp³-hybridized carbons (Fsp3) is 0.143. The summed E-state index contributed by atoms with van der Waals surface area (Å²) in [6.45, 7) is 3.73. The van der Waals surface area contributed by atoms with E-state index in [9.17, 15) is 0 Å². The molecule has 0 radical (unpaired) electrons. The summed E-state index contributed by atoms with van der Waals surface area (Å²) in [5.41, 5.74) is 2.31. The van der Waals surface area contributed by atoms with Crippen molar-refractivity contribution in [2.24, 2.45) is 0 Å². The summed E-state index contributed by atoms with van der Waals surface area (Å²) in [6.07, 6.45) is 3.37. The lowest BCUT2D eigenvalue weighted by atomic mass is 10.2. The lowest BCUT2D eigenvalue weighted by molar-refractivity contribution is 0.425. The molecule has 0 saturated heterocycles. The molecular weight excluding hydrogens is 272 g/mol. The van der Waals surface area contributed by atoms with Gasteiger partial charge in [0.05, 0.1) is 10.6 Å². The van der Waals surface area contributed by atoms with Crippen molar-refractivity contribution in [2.75, 3.05) is 0 Å². The molecule has 0 spiro atoms. The minimum Gasteiger partial charge on any atom is -0.334 e. The smallest absolute Gasteiger partial charge is 0.259 e. The number of hydrogen-bond acceptors (Lipinski definition) is 6. The molecule has 0 aliphatic carbocycles. The SMILES string of the molecule is Cc1noc(-c2cncc(C#Cc3csc(C)n3)c2)n1. The first-order chi connectivity index (χ1) is 9.70. The highest BCUT2D eigenvalue weighted by Gasteiger charge is 2.06. The van der Waals surface area contributed by atoms with E-state index in [1.54, 1.807) is 30.7 Å². The summed E-state index contributed by atoms with van der Waals surface area (Å²) in [5.74, 6) is 7.08. The van der Waals surface area contributed by atoms with Gasteiger partial charge in [0, 0.05) is 23.3 Å². The number of hydrogen-bond donors (Lipinski definition) is 0. The molecule has 6 heteroatoms. The van der Waals surface area contributed by atoms with Gasteiger partial charge in [0.1, 0.15) is 5.69 Å². The standard InChI is InChI=1S/C14H10N4OS/c1-9-16-14(19-18-9)12-5-11(6-15-7-12)3-4-13-8-20-10(2)17-13/h5-8H,1-2H3. The number of aromatic nitrogens is 4. The van der Waals surface area contributed by atoms with E-state index >= 15 is 0 Å². The van der Waals surface area contributed by atoms with Crippen molar-refractivity contribution in [2.45, 2.75) is 13.8 Å². The largest absolute Gasteiger partial charge is 0.334 e. The summed E-state index contributed by atoms with van der Waals surface area (Å²) < 4.78 is 5.11. The number of thiazole rings is 1. The van der Waals surface area contributed by atoms with Crippen molar-refractivity contribution < 1.29 is 4.52 Å². The van der Waals surface area contributed by atoms with Gasteiger partial charge in [0.2, 0.25) is 0 Å². The monoisotopic (exact) mass is 282 g/mol. The Hall–Kier alpha value is -2.52. The Bertz CT molecular complexity index is 810. The molecule has 3 aromatic heterocycles. The second-order valence-corrected chi connectivity index (χ2v) is 5.17. The molecule has 0 unspecified atom stereocenters. The normalized spacial score (nSPS) is 10.1. The van der Waals surface area contributed by atoms with Gasteiger partial charge in [-0.3, -0.25) is 4.98 Å². The zero-order chi connectivity index (χ0) is 13.9. The van der Waals surface area contributed by atoms with Gasteiger partial charge < -0.3 is 4.52 Å². The molecule has 0 amide bonds. The molecule has 0 saturated carbocycles. The summed E-state index contributed by atoms with van der Waals surface area (Å²) in [4.78, 5) is 12.6. The highest BCUT2D eigenvalue weighted by atomic mass is 32.1. The lowest BCUT2D eigenvalue weighted by Gasteiger charge is -1.94. The average Bonchev–Trinajstić information content (AvgIpc) is 3.06. The minimum atomic E-state index is 0.447. The Labute approximate surface area is 119 Å². The molecule has 0 aliphatic rings. The molecule has 3 rings (SSSR count). The molecule has 5 nitrogen and oxygen atoms in total.